The van der Waals surface area contributed by atoms with Gasteiger partial charge in [-0.25, -0.2) is 4.98 Å². The molecule has 0 amide bonds. The maximum absolute atomic E-state index is 6.14. The lowest BCUT2D eigenvalue weighted by Crippen LogP contribution is -2.27. The molecule has 2 aromatic rings. The number of aromatic nitrogens is 1. The van der Waals surface area contributed by atoms with Crippen molar-refractivity contribution in [1.29, 1.82) is 0 Å². The molecule has 0 atom stereocenters. The van der Waals surface area contributed by atoms with Crippen molar-refractivity contribution < 1.29 is 0 Å². The van der Waals surface area contributed by atoms with Gasteiger partial charge >= 0.3 is 0 Å². The zero-order valence-corrected chi connectivity index (χ0v) is 12.2. The van der Waals surface area contributed by atoms with Crippen molar-refractivity contribution in [2.45, 2.75) is 32.7 Å². The smallest absolute Gasteiger partial charge is 0.128 e. The predicted octanol–water partition coefficient (Wildman–Crippen LogP) is 3.44. The minimum absolute atomic E-state index is 0.681. The monoisotopic (exact) mass is 269 g/mol. The van der Waals surface area contributed by atoms with Crippen molar-refractivity contribution in [2.24, 2.45) is 5.92 Å². The second-order valence-electron chi connectivity index (χ2n) is 5.90. The Morgan fingerprint density at radius 2 is 2.10 bits per heavy atom. The molecular formula is C17H23N3. The van der Waals surface area contributed by atoms with E-state index in [4.69, 9.17) is 5.73 Å². The Bertz CT molecular complexity index is 590. The molecule has 106 valence electrons. The number of rotatable bonds is 6. The van der Waals surface area contributed by atoms with E-state index >= 15 is 0 Å². The van der Waals surface area contributed by atoms with Crippen molar-refractivity contribution in [1.82, 2.24) is 9.88 Å². The van der Waals surface area contributed by atoms with Crippen LogP contribution in [0.3, 0.4) is 0 Å². The molecule has 1 aromatic heterocycles. The van der Waals surface area contributed by atoms with Crippen molar-refractivity contribution in [3.05, 3.63) is 35.9 Å². The number of benzene rings is 1. The average molecular weight is 269 g/mol. The third kappa shape index (κ3) is 3.10. The summed E-state index contributed by atoms with van der Waals surface area (Å²) in [6.45, 7) is 5.51. The van der Waals surface area contributed by atoms with E-state index in [9.17, 15) is 0 Å². The van der Waals surface area contributed by atoms with E-state index in [2.05, 4.69) is 35.0 Å². The first-order chi connectivity index (χ1) is 9.76. The summed E-state index contributed by atoms with van der Waals surface area (Å²) in [7, 11) is 0. The second-order valence-corrected chi connectivity index (χ2v) is 5.90. The molecule has 0 radical (unpaired) electrons. The lowest BCUT2D eigenvalue weighted by molar-refractivity contribution is 0.255. The number of hydrogen-bond acceptors (Lipinski definition) is 3. The number of nitrogens with zero attached hydrogens (tertiary/aromatic N) is 2. The fraction of sp³-hybridized carbons (Fsp3) is 0.471. The van der Waals surface area contributed by atoms with E-state index in [1.165, 1.54) is 31.2 Å². The number of nitrogen functional groups attached to an aromatic ring is 1. The van der Waals surface area contributed by atoms with Gasteiger partial charge in [0.05, 0.1) is 5.52 Å². The zero-order chi connectivity index (χ0) is 13.9. The lowest BCUT2D eigenvalue weighted by Gasteiger charge is -2.22. The van der Waals surface area contributed by atoms with Crippen molar-refractivity contribution in [3.8, 4) is 0 Å². The van der Waals surface area contributed by atoms with Gasteiger partial charge in [0.25, 0.3) is 0 Å². The number of nitrogens with two attached hydrogens (primary N) is 1. The first kappa shape index (κ1) is 13.4. The van der Waals surface area contributed by atoms with Gasteiger partial charge in [0.1, 0.15) is 5.82 Å². The molecule has 3 rings (SSSR count). The van der Waals surface area contributed by atoms with Crippen LogP contribution in [0.4, 0.5) is 5.82 Å². The molecule has 20 heavy (non-hydrogen) atoms. The quantitative estimate of drug-likeness (QED) is 0.873. The number of hydrogen-bond donors (Lipinski definition) is 1. The molecular weight excluding hydrogens is 246 g/mol. The molecule has 3 heteroatoms. The van der Waals surface area contributed by atoms with E-state index in [-0.39, 0.29) is 0 Å². The Labute approximate surface area is 120 Å². The zero-order valence-electron chi connectivity index (χ0n) is 12.2. The van der Waals surface area contributed by atoms with Gasteiger partial charge in [0.2, 0.25) is 0 Å². The molecule has 0 unspecified atom stereocenters. The molecule has 0 saturated heterocycles. The van der Waals surface area contributed by atoms with Crippen LogP contribution < -0.4 is 5.73 Å². The summed E-state index contributed by atoms with van der Waals surface area (Å²) in [5, 5.41) is 1.18. The van der Waals surface area contributed by atoms with Gasteiger partial charge < -0.3 is 5.73 Å². The summed E-state index contributed by atoms with van der Waals surface area (Å²) in [6.07, 6.45) is 3.98. The third-order valence-electron chi connectivity index (χ3n) is 3.98. The number of pyridine rings is 1. The van der Waals surface area contributed by atoms with Crippen LogP contribution in [0.15, 0.2) is 30.3 Å². The molecule has 1 saturated carbocycles. The van der Waals surface area contributed by atoms with E-state index < -0.39 is 0 Å². The maximum Gasteiger partial charge on any atom is 0.128 e. The van der Waals surface area contributed by atoms with Crippen LogP contribution in [0.2, 0.25) is 0 Å². The fourth-order valence-corrected chi connectivity index (χ4v) is 2.76. The molecule has 1 aliphatic rings. The van der Waals surface area contributed by atoms with Crippen LogP contribution in [-0.2, 0) is 6.54 Å². The SMILES string of the molecule is CCCN(Cc1cc2ccccc2nc1N)CC1CC1. The molecule has 1 aliphatic carbocycles. The highest BCUT2D eigenvalue weighted by atomic mass is 15.1. The van der Waals surface area contributed by atoms with Crippen LogP contribution >= 0.6 is 0 Å². The van der Waals surface area contributed by atoms with Crippen LogP contribution in [0.1, 0.15) is 31.7 Å². The van der Waals surface area contributed by atoms with E-state index in [0.29, 0.717) is 5.82 Å². The van der Waals surface area contributed by atoms with Gasteiger partial charge in [-0.2, -0.15) is 0 Å². The van der Waals surface area contributed by atoms with Gasteiger partial charge in [-0.05, 0) is 43.9 Å². The molecule has 1 heterocycles. The molecule has 3 nitrogen and oxygen atoms in total. The largest absolute Gasteiger partial charge is 0.383 e. The van der Waals surface area contributed by atoms with Gasteiger partial charge in [-0.15, -0.1) is 0 Å². The summed E-state index contributed by atoms with van der Waals surface area (Å²) in [5.74, 6) is 1.59. The summed E-state index contributed by atoms with van der Waals surface area (Å²) < 4.78 is 0. The number of anilines is 1. The standard InChI is InChI=1S/C17H23N3/c1-2-9-20(11-13-7-8-13)12-15-10-14-5-3-4-6-16(14)19-17(15)18/h3-6,10,13H,2,7-9,11-12H2,1H3,(H2,18,19). The molecule has 0 spiro atoms. The molecule has 1 aromatic carbocycles. The first-order valence-corrected chi connectivity index (χ1v) is 7.62. The van der Waals surface area contributed by atoms with Crippen LogP contribution in [0.5, 0.6) is 0 Å². The molecule has 0 aliphatic heterocycles. The molecule has 1 fully saturated rings. The van der Waals surface area contributed by atoms with E-state index in [1.807, 2.05) is 12.1 Å². The van der Waals surface area contributed by atoms with Crippen molar-refractivity contribution >= 4 is 16.7 Å². The Morgan fingerprint density at radius 3 is 2.85 bits per heavy atom. The van der Waals surface area contributed by atoms with Crippen LogP contribution in [-0.4, -0.2) is 23.0 Å². The van der Waals surface area contributed by atoms with Crippen LogP contribution in [0.25, 0.3) is 10.9 Å². The van der Waals surface area contributed by atoms with Crippen molar-refractivity contribution in [3.63, 3.8) is 0 Å². The molecule has 2 N–H and O–H groups in total. The summed E-state index contributed by atoms with van der Waals surface area (Å²) in [6, 6.07) is 10.4. The lowest BCUT2D eigenvalue weighted by atomic mass is 10.1. The topological polar surface area (TPSA) is 42.2 Å². The van der Waals surface area contributed by atoms with E-state index in [0.717, 1.165) is 30.1 Å². The summed E-state index contributed by atoms with van der Waals surface area (Å²) >= 11 is 0. The Hall–Kier alpha value is -1.61. The third-order valence-corrected chi connectivity index (χ3v) is 3.98. The second kappa shape index (κ2) is 5.80. The first-order valence-electron chi connectivity index (χ1n) is 7.62. The van der Waals surface area contributed by atoms with Crippen LogP contribution in [0, 0.1) is 5.92 Å². The van der Waals surface area contributed by atoms with Gasteiger partial charge in [-0.3, -0.25) is 4.90 Å². The normalized spacial score (nSPS) is 15.1. The average Bonchev–Trinajstić information content (AvgIpc) is 3.24. The van der Waals surface area contributed by atoms with Gasteiger partial charge in [0.15, 0.2) is 0 Å². The maximum atomic E-state index is 6.14. The minimum atomic E-state index is 0.681. The number of para-hydroxylation sites is 1. The highest BCUT2D eigenvalue weighted by molar-refractivity contribution is 5.81. The minimum Gasteiger partial charge on any atom is -0.383 e. The highest BCUT2D eigenvalue weighted by Gasteiger charge is 2.24. The van der Waals surface area contributed by atoms with Gasteiger partial charge in [-0.1, -0.05) is 25.1 Å². The summed E-state index contributed by atoms with van der Waals surface area (Å²) in [4.78, 5) is 7.06. The summed E-state index contributed by atoms with van der Waals surface area (Å²) in [5.41, 5.74) is 8.29. The van der Waals surface area contributed by atoms with E-state index in [1.54, 1.807) is 0 Å². The fourth-order valence-electron chi connectivity index (χ4n) is 2.76. The highest BCUT2D eigenvalue weighted by Crippen LogP contribution is 2.30. The Morgan fingerprint density at radius 1 is 1.30 bits per heavy atom. The molecule has 0 bridgehead atoms. The Kier molecular flexibility index (Phi) is 3.88. The Balaban J connectivity index is 1.82. The van der Waals surface area contributed by atoms with Gasteiger partial charge in [0, 0.05) is 24.0 Å². The number of fused-ring (bicyclic) bond motifs is 1. The predicted molar refractivity (Wildman–Crippen MR) is 84.4 cm³/mol. The van der Waals surface area contributed by atoms with Crippen molar-refractivity contribution in [2.75, 3.05) is 18.8 Å².